The van der Waals surface area contributed by atoms with Gasteiger partial charge >= 0.3 is 0 Å². The molecule has 0 aliphatic heterocycles. The second kappa shape index (κ2) is 5.16. The maximum Gasteiger partial charge on any atom is 0.0526 e. The second-order valence-corrected chi connectivity index (χ2v) is 5.54. The Morgan fingerprint density at radius 2 is 1.55 bits per heavy atom. The highest BCUT2D eigenvalue weighted by molar-refractivity contribution is 5.92. The number of benzene rings is 2. The monoisotopic (exact) mass is 263 g/mol. The molecule has 0 N–H and O–H groups in total. The van der Waals surface area contributed by atoms with Gasteiger partial charge in [-0.05, 0) is 30.0 Å². The Bertz CT molecular complexity index is 720. The summed E-state index contributed by atoms with van der Waals surface area (Å²) < 4.78 is 2.44. The summed E-state index contributed by atoms with van der Waals surface area (Å²) in [5, 5.41) is 1.39. The number of hydrogen-bond acceptors (Lipinski definition) is 0. The van der Waals surface area contributed by atoms with E-state index < -0.39 is 0 Å². The average Bonchev–Trinajstić information content (AvgIpc) is 2.82. The van der Waals surface area contributed by atoms with Crippen molar-refractivity contribution in [1.29, 1.82) is 0 Å². The Hall–Kier alpha value is -2.02. The molecule has 1 heteroatoms. The molecular formula is C19H21N. The molecule has 3 rings (SSSR count). The Balaban J connectivity index is 2.42. The fourth-order valence-corrected chi connectivity index (χ4v) is 3.15. The largest absolute Gasteiger partial charge is 0.341 e. The lowest BCUT2D eigenvalue weighted by atomic mass is 9.96. The summed E-state index contributed by atoms with van der Waals surface area (Å²) in [4.78, 5) is 0. The third-order valence-corrected chi connectivity index (χ3v) is 3.95. The number of para-hydroxylation sites is 1. The molecule has 0 aliphatic carbocycles. The first-order valence-electron chi connectivity index (χ1n) is 7.40. The summed E-state index contributed by atoms with van der Waals surface area (Å²) in [6.07, 6.45) is 0. The van der Waals surface area contributed by atoms with Crippen molar-refractivity contribution in [2.75, 3.05) is 0 Å². The van der Waals surface area contributed by atoms with E-state index in [0.717, 1.165) is 6.54 Å². The van der Waals surface area contributed by atoms with Crippen LogP contribution in [-0.4, -0.2) is 4.57 Å². The molecule has 0 bridgehead atoms. The zero-order valence-electron chi connectivity index (χ0n) is 12.4. The highest BCUT2D eigenvalue weighted by Crippen LogP contribution is 2.38. The topological polar surface area (TPSA) is 4.93 Å². The van der Waals surface area contributed by atoms with E-state index in [4.69, 9.17) is 0 Å². The Morgan fingerprint density at radius 3 is 2.20 bits per heavy atom. The van der Waals surface area contributed by atoms with Gasteiger partial charge in [0.25, 0.3) is 0 Å². The van der Waals surface area contributed by atoms with E-state index in [2.05, 4.69) is 79.9 Å². The highest BCUT2D eigenvalue weighted by atomic mass is 15.0. The van der Waals surface area contributed by atoms with Gasteiger partial charge in [-0.3, -0.25) is 0 Å². The quantitative estimate of drug-likeness (QED) is 0.592. The van der Waals surface area contributed by atoms with E-state index in [1.165, 1.54) is 27.7 Å². The van der Waals surface area contributed by atoms with Crippen LogP contribution in [0.4, 0.5) is 0 Å². The molecule has 1 nitrogen and oxygen atoms in total. The first-order valence-corrected chi connectivity index (χ1v) is 7.40. The molecule has 0 unspecified atom stereocenters. The van der Waals surface area contributed by atoms with Crippen molar-refractivity contribution < 1.29 is 0 Å². The van der Waals surface area contributed by atoms with Crippen LogP contribution in [0.3, 0.4) is 0 Å². The molecule has 0 saturated heterocycles. The second-order valence-electron chi connectivity index (χ2n) is 5.54. The number of aryl methyl sites for hydroxylation is 1. The van der Waals surface area contributed by atoms with Crippen LogP contribution >= 0.6 is 0 Å². The van der Waals surface area contributed by atoms with Crippen LogP contribution in [0.2, 0.25) is 0 Å². The standard InChI is InChI=1S/C19H21N/c1-4-20-17-13-9-8-12-16(17)18(14(2)3)19(20)15-10-6-5-7-11-15/h5-14H,4H2,1-3H3. The first-order chi connectivity index (χ1) is 9.74. The minimum absolute atomic E-state index is 0.517. The molecule has 1 heterocycles. The minimum Gasteiger partial charge on any atom is -0.341 e. The van der Waals surface area contributed by atoms with E-state index in [0.29, 0.717) is 5.92 Å². The van der Waals surface area contributed by atoms with Gasteiger partial charge in [0.1, 0.15) is 0 Å². The molecule has 0 radical (unpaired) electrons. The maximum absolute atomic E-state index is 2.44. The molecule has 20 heavy (non-hydrogen) atoms. The van der Waals surface area contributed by atoms with Gasteiger partial charge in [0, 0.05) is 17.4 Å². The number of nitrogens with zero attached hydrogens (tertiary/aromatic N) is 1. The van der Waals surface area contributed by atoms with E-state index in [9.17, 15) is 0 Å². The third kappa shape index (κ3) is 1.94. The third-order valence-electron chi connectivity index (χ3n) is 3.95. The van der Waals surface area contributed by atoms with Gasteiger partial charge in [0.2, 0.25) is 0 Å². The number of rotatable bonds is 3. The molecule has 0 fully saturated rings. The number of fused-ring (bicyclic) bond motifs is 1. The molecule has 0 atom stereocenters. The predicted molar refractivity (Wildman–Crippen MR) is 87.1 cm³/mol. The fraction of sp³-hybridized carbons (Fsp3) is 0.263. The van der Waals surface area contributed by atoms with E-state index in [1.54, 1.807) is 0 Å². The lowest BCUT2D eigenvalue weighted by Crippen LogP contribution is -1.99. The molecule has 0 aliphatic rings. The van der Waals surface area contributed by atoms with E-state index >= 15 is 0 Å². The van der Waals surface area contributed by atoms with Crippen molar-refractivity contribution in [2.24, 2.45) is 0 Å². The number of hydrogen-bond donors (Lipinski definition) is 0. The van der Waals surface area contributed by atoms with Crippen LogP contribution in [0, 0.1) is 0 Å². The zero-order chi connectivity index (χ0) is 14.1. The van der Waals surface area contributed by atoms with Crippen molar-refractivity contribution in [3.05, 3.63) is 60.2 Å². The minimum atomic E-state index is 0.517. The van der Waals surface area contributed by atoms with Crippen molar-refractivity contribution in [2.45, 2.75) is 33.2 Å². The van der Waals surface area contributed by atoms with Crippen LogP contribution in [0.25, 0.3) is 22.2 Å². The normalized spacial score (nSPS) is 11.4. The van der Waals surface area contributed by atoms with Crippen molar-refractivity contribution in [3.63, 3.8) is 0 Å². The summed E-state index contributed by atoms with van der Waals surface area (Å²) in [7, 11) is 0. The SMILES string of the molecule is CCn1c(-c2ccccc2)c(C(C)C)c2ccccc21. The average molecular weight is 263 g/mol. The molecule has 1 aromatic heterocycles. The molecular weight excluding hydrogens is 242 g/mol. The van der Waals surface area contributed by atoms with E-state index in [-0.39, 0.29) is 0 Å². The van der Waals surface area contributed by atoms with Gasteiger partial charge in [-0.2, -0.15) is 0 Å². The van der Waals surface area contributed by atoms with Gasteiger partial charge in [-0.25, -0.2) is 0 Å². The van der Waals surface area contributed by atoms with Gasteiger partial charge in [0.15, 0.2) is 0 Å². The Kier molecular flexibility index (Phi) is 3.35. The lowest BCUT2D eigenvalue weighted by molar-refractivity contribution is 0.789. The molecule has 0 amide bonds. The molecule has 3 aromatic rings. The molecule has 2 aromatic carbocycles. The van der Waals surface area contributed by atoms with Gasteiger partial charge in [0.05, 0.1) is 5.69 Å². The first kappa shape index (κ1) is 13.0. The summed E-state index contributed by atoms with van der Waals surface area (Å²) in [5.41, 5.74) is 5.50. The predicted octanol–water partition coefficient (Wildman–Crippen LogP) is 5.45. The lowest BCUT2D eigenvalue weighted by Gasteiger charge is -2.12. The van der Waals surface area contributed by atoms with Crippen molar-refractivity contribution in [3.8, 4) is 11.3 Å². The van der Waals surface area contributed by atoms with Crippen LogP contribution in [-0.2, 0) is 6.54 Å². The van der Waals surface area contributed by atoms with Crippen LogP contribution < -0.4 is 0 Å². The molecule has 0 saturated carbocycles. The molecule has 0 spiro atoms. The summed E-state index contributed by atoms with van der Waals surface area (Å²) in [5.74, 6) is 0.517. The van der Waals surface area contributed by atoms with E-state index in [1.807, 2.05) is 0 Å². The van der Waals surface area contributed by atoms with Gasteiger partial charge < -0.3 is 4.57 Å². The molecule has 102 valence electrons. The summed E-state index contributed by atoms with van der Waals surface area (Å²) >= 11 is 0. The Morgan fingerprint density at radius 1 is 0.900 bits per heavy atom. The number of aromatic nitrogens is 1. The Labute approximate surface area is 120 Å². The summed E-state index contributed by atoms with van der Waals surface area (Å²) in [6, 6.07) is 19.5. The van der Waals surface area contributed by atoms with Crippen molar-refractivity contribution in [1.82, 2.24) is 4.57 Å². The van der Waals surface area contributed by atoms with Gasteiger partial charge in [-0.15, -0.1) is 0 Å². The smallest absolute Gasteiger partial charge is 0.0526 e. The maximum atomic E-state index is 2.44. The fourth-order valence-electron chi connectivity index (χ4n) is 3.15. The van der Waals surface area contributed by atoms with Crippen LogP contribution in [0.5, 0.6) is 0 Å². The highest BCUT2D eigenvalue weighted by Gasteiger charge is 2.19. The van der Waals surface area contributed by atoms with Crippen molar-refractivity contribution >= 4 is 10.9 Å². The van der Waals surface area contributed by atoms with Crippen LogP contribution in [0.15, 0.2) is 54.6 Å². The van der Waals surface area contributed by atoms with Crippen LogP contribution in [0.1, 0.15) is 32.3 Å². The van der Waals surface area contributed by atoms with Gasteiger partial charge in [-0.1, -0.05) is 62.4 Å². The summed E-state index contributed by atoms with van der Waals surface area (Å²) in [6.45, 7) is 7.79. The zero-order valence-corrected chi connectivity index (χ0v) is 12.4.